The molecule has 3 rings (SSSR count). The first-order valence-electron chi connectivity index (χ1n) is 8.18. The van der Waals surface area contributed by atoms with Gasteiger partial charge in [-0.3, -0.25) is 0 Å². The molecule has 0 aliphatic heterocycles. The van der Waals surface area contributed by atoms with E-state index in [1.165, 1.54) is 16.3 Å². The van der Waals surface area contributed by atoms with Crippen LogP contribution in [0.2, 0.25) is 0 Å². The molecule has 24 heavy (non-hydrogen) atoms. The van der Waals surface area contributed by atoms with Crippen LogP contribution in [0.3, 0.4) is 0 Å². The van der Waals surface area contributed by atoms with E-state index in [1.807, 2.05) is 31.2 Å². The molecule has 0 saturated carbocycles. The van der Waals surface area contributed by atoms with Crippen LogP contribution in [-0.4, -0.2) is 13.2 Å². The molecule has 3 aromatic rings. The van der Waals surface area contributed by atoms with Gasteiger partial charge in [-0.1, -0.05) is 36.4 Å². The molecule has 0 heterocycles. The minimum atomic E-state index is 0.132. The Morgan fingerprint density at radius 2 is 1.75 bits per heavy atom. The topological polar surface area (TPSA) is 44.5 Å². The number of ether oxygens (including phenoxy) is 2. The first-order chi connectivity index (χ1) is 11.7. The molecular formula is C21H23NO2. The normalized spacial score (nSPS) is 12.1. The largest absolute Gasteiger partial charge is 0.496 e. The molecule has 0 saturated heterocycles. The zero-order valence-corrected chi connectivity index (χ0v) is 14.2. The van der Waals surface area contributed by atoms with Crippen LogP contribution in [-0.2, 0) is 13.0 Å². The van der Waals surface area contributed by atoms with Crippen molar-refractivity contribution in [2.24, 2.45) is 5.73 Å². The number of fused-ring (bicyclic) bond motifs is 1. The maximum Gasteiger partial charge on any atom is 0.125 e. The smallest absolute Gasteiger partial charge is 0.125 e. The van der Waals surface area contributed by atoms with E-state index in [9.17, 15) is 0 Å². The molecule has 1 atom stereocenters. The van der Waals surface area contributed by atoms with Crippen molar-refractivity contribution in [1.82, 2.24) is 0 Å². The third-order valence-electron chi connectivity index (χ3n) is 4.02. The van der Waals surface area contributed by atoms with Gasteiger partial charge in [0.2, 0.25) is 0 Å². The van der Waals surface area contributed by atoms with Crippen LogP contribution in [0.5, 0.6) is 11.5 Å². The SMILES string of the molecule is COc1ccc(CC(C)N)cc1COc1ccc2ccccc2c1. The highest BCUT2D eigenvalue weighted by atomic mass is 16.5. The van der Waals surface area contributed by atoms with Crippen molar-refractivity contribution in [3.8, 4) is 11.5 Å². The summed E-state index contributed by atoms with van der Waals surface area (Å²) >= 11 is 0. The van der Waals surface area contributed by atoms with E-state index in [0.717, 1.165) is 23.5 Å². The van der Waals surface area contributed by atoms with Crippen LogP contribution in [0.25, 0.3) is 10.8 Å². The van der Waals surface area contributed by atoms with Crippen LogP contribution < -0.4 is 15.2 Å². The molecule has 0 aromatic heterocycles. The van der Waals surface area contributed by atoms with Crippen molar-refractivity contribution in [3.63, 3.8) is 0 Å². The Morgan fingerprint density at radius 3 is 2.50 bits per heavy atom. The van der Waals surface area contributed by atoms with E-state index in [2.05, 4.69) is 36.4 Å². The predicted octanol–water partition coefficient (Wildman–Crippen LogP) is 4.32. The summed E-state index contributed by atoms with van der Waals surface area (Å²) in [7, 11) is 1.68. The molecule has 3 aromatic carbocycles. The van der Waals surface area contributed by atoms with Crippen molar-refractivity contribution >= 4 is 10.8 Å². The molecule has 0 radical (unpaired) electrons. The maximum atomic E-state index is 5.99. The maximum absolute atomic E-state index is 5.99. The lowest BCUT2D eigenvalue weighted by Crippen LogP contribution is -2.17. The van der Waals surface area contributed by atoms with Crippen LogP contribution in [0.15, 0.2) is 60.7 Å². The van der Waals surface area contributed by atoms with Crippen LogP contribution in [0.4, 0.5) is 0 Å². The average molecular weight is 321 g/mol. The quantitative estimate of drug-likeness (QED) is 0.735. The molecule has 124 valence electrons. The first-order valence-corrected chi connectivity index (χ1v) is 8.18. The summed E-state index contributed by atoms with van der Waals surface area (Å²) in [6.07, 6.45) is 0.840. The second kappa shape index (κ2) is 7.37. The molecule has 0 aliphatic carbocycles. The number of benzene rings is 3. The van der Waals surface area contributed by atoms with E-state index in [4.69, 9.17) is 15.2 Å². The highest BCUT2D eigenvalue weighted by Gasteiger charge is 2.07. The van der Waals surface area contributed by atoms with Gasteiger partial charge in [-0.2, -0.15) is 0 Å². The lowest BCUT2D eigenvalue weighted by molar-refractivity contribution is 0.297. The van der Waals surface area contributed by atoms with Gasteiger partial charge >= 0.3 is 0 Å². The molecule has 3 heteroatoms. The van der Waals surface area contributed by atoms with E-state index < -0.39 is 0 Å². The lowest BCUT2D eigenvalue weighted by atomic mass is 10.0. The van der Waals surface area contributed by atoms with Gasteiger partial charge in [-0.05, 0) is 53.9 Å². The summed E-state index contributed by atoms with van der Waals surface area (Å²) in [4.78, 5) is 0. The Balaban J connectivity index is 1.78. The van der Waals surface area contributed by atoms with Gasteiger partial charge in [0.05, 0.1) is 7.11 Å². The third-order valence-corrected chi connectivity index (χ3v) is 4.02. The van der Waals surface area contributed by atoms with E-state index in [-0.39, 0.29) is 6.04 Å². The van der Waals surface area contributed by atoms with E-state index in [1.54, 1.807) is 7.11 Å². The van der Waals surface area contributed by atoms with E-state index in [0.29, 0.717) is 6.61 Å². The molecular weight excluding hydrogens is 298 g/mol. The Hall–Kier alpha value is -2.52. The predicted molar refractivity (Wildman–Crippen MR) is 98.6 cm³/mol. The number of hydrogen-bond acceptors (Lipinski definition) is 3. The highest BCUT2D eigenvalue weighted by molar-refractivity contribution is 5.83. The van der Waals surface area contributed by atoms with Gasteiger partial charge in [0.15, 0.2) is 0 Å². The standard InChI is InChI=1S/C21H23NO2/c1-15(22)11-16-7-10-21(23-2)19(12-16)14-24-20-9-8-17-5-3-4-6-18(17)13-20/h3-10,12-13,15H,11,14,22H2,1-2H3. The van der Waals surface area contributed by atoms with Gasteiger partial charge < -0.3 is 15.2 Å². The summed E-state index contributed by atoms with van der Waals surface area (Å²) in [5.74, 6) is 1.69. The average Bonchev–Trinajstić information content (AvgIpc) is 2.59. The van der Waals surface area contributed by atoms with Gasteiger partial charge in [-0.15, -0.1) is 0 Å². The van der Waals surface area contributed by atoms with Gasteiger partial charge in [0, 0.05) is 11.6 Å². The fourth-order valence-corrected chi connectivity index (χ4v) is 2.86. The van der Waals surface area contributed by atoms with Crippen LogP contribution in [0, 0.1) is 0 Å². The molecule has 0 aliphatic rings. The summed E-state index contributed by atoms with van der Waals surface area (Å²) < 4.78 is 11.4. The number of methoxy groups -OCH3 is 1. The van der Waals surface area contributed by atoms with Crippen LogP contribution >= 0.6 is 0 Å². The van der Waals surface area contributed by atoms with Crippen molar-refractivity contribution in [2.75, 3.05) is 7.11 Å². The van der Waals surface area contributed by atoms with Crippen LogP contribution in [0.1, 0.15) is 18.1 Å². The fourth-order valence-electron chi connectivity index (χ4n) is 2.86. The summed E-state index contributed by atoms with van der Waals surface area (Å²) in [6, 6.07) is 20.7. The molecule has 2 N–H and O–H groups in total. The monoisotopic (exact) mass is 321 g/mol. The molecule has 1 unspecified atom stereocenters. The first kappa shape index (κ1) is 16.3. The highest BCUT2D eigenvalue weighted by Crippen LogP contribution is 2.25. The summed E-state index contributed by atoms with van der Waals surface area (Å²) in [5.41, 5.74) is 8.13. The van der Waals surface area contributed by atoms with Gasteiger partial charge in [0.1, 0.15) is 18.1 Å². The molecule has 0 bridgehead atoms. The molecule has 0 fully saturated rings. The van der Waals surface area contributed by atoms with Gasteiger partial charge in [-0.25, -0.2) is 0 Å². The fraction of sp³-hybridized carbons (Fsp3) is 0.238. The zero-order chi connectivity index (χ0) is 16.9. The molecule has 0 spiro atoms. The molecule has 3 nitrogen and oxygen atoms in total. The van der Waals surface area contributed by atoms with Crippen molar-refractivity contribution < 1.29 is 9.47 Å². The minimum Gasteiger partial charge on any atom is -0.496 e. The number of nitrogens with two attached hydrogens (primary N) is 1. The Bertz CT molecular complexity index is 827. The molecule has 0 amide bonds. The number of rotatable bonds is 6. The second-order valence-corrected chi connectivity index (χ2v) is 6.13. The Labute approximate surface area is 143 Å². The third kappa shape index (κ3) is 3.87. The minimum absolute atomic E-state index is 0.132. The van der Waals surface area contributed by atoms with Crippen molar-refractivity contribution in [2.45, 2.75) is 26.0 Å². The van der Waals surface area contributed by atoms with Gasteiger partial charge in [0.25, 0.3) is 0 Å². The Kier molecular flexibility index (Phi) is 5.02. The van der Waals surface area contributed by atoms with Crippen molar-refractivity contribution in [3.05, 3.63) is 71.8 Å². The van der Waals surface area contributed by atoms with E-state index >= 15 is 0 Å². The van der Waals surface area contributed by atoms with Crippen molar-refractivity contribution in [1.29, 1.82) is 0 Å². The summed E-state index contributed by atoms with van der Waals surface area (Å²) in [5, 5.41) is 2.38. The zero-order valence-electron chi connectivity index (χ0n) is 14.2. The number of hydrogen-bond donors (Lipinski definition) is 1. The summed E-state index contributed by atoms with van der Waals surface area (Å²) in [6.45, 7) is 2.48. The Morgan fingerprint density at radius 1 is 0.958 bits per heavy atom. The lowest BCUT2D eigenvalue weighted by Gasteiger charge is -2.13. The second-order valence-electron chi connectivity index (χ2n) is 6.13.